The Morgan fingerprint density at radius 3 is 1.48 bits per heavy atom. The van der Waals surface area contributed by atoms with Crippen LogP contribution in [0.5, 0.6) is 11.5 Å². The first-order chi connectivity index (χ1) is 13.1. The summed E-state index contributed by atoms with van der Waals surface area (Å²) in [6.07, 6.45) is 0. The van der Waals surface area contributed by atoms with Gasteiger partial charge in [0.05, 0.1) is 0 Å². The monoisotopic (exact) mass is 366 g/mol. The molecule has 0 unspecified atom stereocenters. The topological polar surface area (TPSA) is 77.8 Å². The summed E-state index contributed by atoms with van der Waals surface area (Å²) in [5, 5.41) is 26.0. The molecule has 0 saturated carbocycles. The van der Waals surface area contributed by atoms with Crippen molar-refractivity contribution in [1.82, 2.24) is 0 Å². The molecule has 142 valence electrons. The number of benzene rings is 3. The fourth-order valence-corrected chi connectivity index (χ4v) is 2.80. The highest BCUT2D eigenvalue weighted by Crippen LogP contribution is 2.34. The van der Waals surface area contributed by atoms with Crippen LogP contribution in [0.25, 0.3) is 0 Å². The zero-order valence-corrected chi connectivity index (χ0v) is 15.8. The van der Waals surface area contributed by atoms with E-state index in [1.165, 1.54) is 11.1 Å². The van der Waals surface area contributed by atoms with Crippen molar-refractivity contribution < 1.29 is 20.1 Å². The van der Waals surface area contributed by atoms with Gasteiger partial charge in [-0.2, -0.15) is 0 Å². The molecule has 3 aromatic carbocycles. The second-order valence-electron chi connectivity index (χ2n) is 5.58. The van der Waals surface area contributed by atoms with Crippen LogP contribution >= 0.6 is 0 Å². The van der Waals surface area contributed by atoms with Gasteiger partial charge in [0.1, 0.15) is 11.5 Å². The van der Waals surface area contributed by atoms with Crippen molar-refractivity contribution >= 4 is 6.47 Å². The molecular weight excluding hydrogens is 340 g/mol. The van der Waals surface area contributed by atoms with Crippen LogP contribution in [0.3, 0.4) is 0 Å². The maximum absolute atomic E-state index is 9.54. The number of rotatable bonds is 3. The van der Waals surface area contributed by atoms with Gasteiger partial charge in [-0.15, -0.1) is 0 Å². The maximum atomic E-state index is 9.54. The average Bonchev–Trinajstić information content (AvgIpc) is 2.69. The van der Waals surface area contributed by atoms with Crippen LogP contribution in [0, 0.1) is 6.92 Å². The van der Waals surface area contributed by atoms with Crippen molar-refractivity contribution in [3.63, 3.8) is 0 Å². The predicted octanol–water partition coefficient (Wildman–Crippen LogP) is 5.31. The standard InChI is InChI=1S/C20H18O2.C2H6.CH2O2/c1-14-4-2-3-5-19(14)20(15-6-10-17(21)11-7-15)16-8-12-18(22)13-9-16;1-2;2-1-3/h2-13,20-22H,1H3;1-2H3;1H,(H,2,3). The Kier molecular flexibility index (Phi) is 9.16. The van der Waals surface area contributed by atoms with Gasteiger partial charge in [-0.3, -0.25) is 4.79 Å². The van der Waals surface area contributed by atoms with E-state index in [9.17, 15) is 10.2 Å². The summed E-state index contributed by atoms with van der Waals surface area (Å²) in [5.41, 5.74) is 4.66. The Bertz CT molecular complexity index is 763. The van der Waals surface area contributed by atoms with Gasteiger partial charge in [0.15, 0.2) is 0 Å². The summed E-state index contributed by atoms with van der Waals surface area (Å²) in [6.45, 7) is 5.85. The van der Waals surface area contributed by atoms with E-state index in [2.05, 4.69) is 19.1 Å². The van der Waals surface area contributed by atoms with Crippen LogP contribution in [0.4, 0.5) is 0 Å². The molecule has 3 rings (SSSR count). The first-order valence-electron chi connectivity index (χ1n) is 8.78. The van der Waals surface area contributed by atoms with Gasteiger partial charge >= 0.3 is 0 Å². The Morgan fingerprint density at radius 2 is 1.11 bits per heavy atom. The molecule has 0 fully saturated rings. The summed E-state index contributed by atoms with van der Waals surface area (Å²) in [6, 6.07) is 22.9. The molecule has 0 aromatic heterocycles. The van der Waals surface area contributed by atoms with Gasteiger partial charge < -0.3 is 15.3 Å². The molecule has 0 heterocycles. The maximum Gasteiger partial charge on any atom is 0.290 e. The molecule has 3 N–H and O–H groups in total. The van der Waals surface area contributed by atoms with E-state index in [1.807, 2.05) is 50.2 Å². The Morgan fingerprint density at radius 1 is 0.741 bits per heavy atom. The smallest absolute Gasteiger partial charge is 0.290 e. The molecule has 0 aliphatic rings. The fourth-order valence-electron chi connectivity index (χ4n) is 2.80. The summed E-state index contributed by atoms with van der Waals surface area (Å²) < 4.78 is 0. The molecule has 4 nitrogen and oxygen atoms in total. The van der Waals surface area contributed by atoms with E-state index < -0.39 is 0 Å². The molecule has 3 aromatic rings. The summed E-state index contributed by atoms with van der Waals surface area (Å²) >= 11 is 0. The molecule has 0 atom stereocenters. The highest BCUT2D eigenvalue weighted by Gasteiger charge is 2.18. The highest BCUT2D eigenvalue weighted by atomic mass is 16.3. The molecular formula is C23H26O4. The lowest BCUT2D eigenvalue weighted by atomic mass is 9.83. The van der Waals surface area contributed by atoms with Crippen molar-refractivity contribution in [1.29, 1.82) is 0 Å². The van der Waals surface area contributed by atoms with Gasteiger partial charge in [0.25, 0.3) is 6.47 Å². The molecule has 0 spiro atoms. The highest BCUT2D eigenvalue weighted by molar-refractivity contribution is 5.47. The zero-order valence-electron chi connectivity index (χ0n) is 15.8. The zero-order chi connectivity index (χ0) is 20.2. The molecule has 0 amide bonds. The lowest BCUT2D eigenvalue weighted by Gasteiger charge is -2.21. The normalized spacial score (nSPS) is 9.48. The first kappa shape index (κ1) is 21.8. The minimum Gasteiger partial charge on any atom is -0.508 e. The van der Waals surface area contributed by atoms with Gasteiger partial charge in [0, 0.05) is 5.92 Å². The minimum absolute atomic E-state index is 0.0717. The second kappa shape index (κ2) is 11.4. The first-order valence-corrected chi connectivity index (χ1v) is 8.78. The Hall–Kier alpha value is -3.27. The average molecular weight is 366 g/mol. The van der Waals surface area contributed by atoms with Gasteiger partial charge in [0.2, 0.25) is 0 Å². The minimum atomic E-state index is -0.250. The number of aryl methyl sites for hydroxylation is 1. The third kappa shape index (κ3) is 6.19. The van der Waals surface area contributed by atoms with E-state index in [4.69, 9.17) is 9.90 Å². The van der Waals surface area contributed by atoms with Crippen molar-refractivity contribution in [2.45, 2.75) is 26.7 Å². The Balaban J connectivity index is 0.000000665. The van der Waals surface area contributed by atoms with Crippen molar-refractivity contribution in [3.05, 3.63) is 95.1 Å². The number of phenols is 2. The van der Waals surface area contributed by atoms with Crippen LogP contribution in [-0.4, -0.2) is 21.8 Å². The number of aromatic hydroxyl groups is 2. The van der Waals surface area contributed by atoms with Gasteiger partial charge in [-0.05, 0) is 53.4 Å². The molecule has 0 saturated heterocycles. The van der Waals surface area contributed by atoms with E-state index in [1.54, 1.807) is 24.3 Å². The van der Waals surface area contributed by atoms with E-state index >= 15 is 0 Å². The number of phenolic OH excluding ortho intramolecular Hbond substituents is 2. The number of hydrogen-bond donors (Lipinski definition) is 3. The lowest BCUT2D eigenvalue weighted by Crippen LogP contribution is -2.05. The molecule has 0 aliphatic heterocycles. The lowest BCUT2D eigenvalue weighted by molar-refractivity contribution is -0.122. The number of hydrogen-bond acceptors (Lipinski definition) is 3. The second-order valence-corrected chi connectivity index (χ2v) is 5.58. The SMILES string of the molecule is CC.Cc1ccccc1C(c1ccc(O)cc1)c1ccc(O)cc1.O=CO. The third-order valence-electron chi connectivity index (χ3n) is 3.95. The van der Waals surface area contributed by atoms with Crippen molar-refractivity contribution in [3.8, 4) is 11.5 Å². The van der Waals surface area contributed by atoms with Crippen LogP contribution in [0.15, 0.2) is 72.8 Å². The Labute approximate surface area is 160 Å². The summed E-state index contributed by atoms with van der Waals surface area (Å²) in [4.78, 5) is 8.36. The van der Waals surface area contributed by atoms with Crippen molar-refractivity contribution in [2.24, 2.45) is 0 Å². The van der Waals surface area contributed by atoms with Crippen LogP contribution in [0.1, 0.15) is 42.0 Å². The van der Waals surface area contributed by atoms with E-state index in [0.717, 1.165) is 11.1 Å². The molecule has 0 aliphatic carbocycles. The number of carboxylic acid groups (broad SMARTS) is 1. The summed E-state index contributed by atoms with van der Waals surface area (Å²) in [5.74, 6) is 0.596. The van der Waals surface area contributed by atoms with Crippen molar-refractivity contribution in [2.75, 3.05) is 0 Å². The molecule has 0 radical (unpaired) electrons. The molecule has 27 heavy (non-hydrogen) atoms. The fraction of sp³-hybridized carbons (Fsp3) is 0.174. The van der Waals surface area contributed by atoms with Crippen LogP contribution in [-0.2, 0) is 4.79 Å². The largest absolute Gasteiger partial charge is 0.508 e. The van der Waals surface area contributed by atoms with Crippen LogP contribution in [0.2, 0.25) is 0 Å². The third-order valence-corrected chi connectivity index (χ3v) is 3.95. The van der Waals surface area contributed by atoms with Crippen LogP contribution < -0.4 is 0 Å². The van der Waals surface area contributed by atoms with Gasteiger partial charge in [-0.25, -0.2) is 0 Å². The molecule has 0 bridgehead atoms. The number of carbonyl (C=O) groups is 1. The quantitative estimate of drug-likeness (QED) is 0.433. The predicted molar refractivity (Wildman–Crippen MR) is 108 cm³/mol. The molecule has 4 heteroatoms. The summed E-state index contributed by atoms with van der Waals surface area (Å²) in [7, 11) is 0. The van der Waals surface area contributed by atoms with Gasteiger partial charge in [-0.1, -0.05) is 62.4 Å². The van der Waals surface area contributed by atoms with E-state index in [0.29, 0.717) is 0 Å². The van der Waals surface area contributed by atoms with E-state index in [-0.39, 0.29) is 23.9 Å².